The van der Waals surface area contributed by atoms with Crippen LogP contribution in [0, 0.1) is 0 Å². The molecule has 5 rings (SSSR count). The molecule has 1 aliphatic heterocycles. The first kappa shape index (κ1) is 19.5. The van der Waals surface area contributed by atoms with Crippen LogP contribution in [0.1, 0.15) is 43.1 Å². The number of aromatic nitrogens is 3. The van der Waals surface area contributed by atoms with Crippen LogP contribution in [0.25, 0.3) is 22.4 Å². The number of nitrogens with one attached hydrogen (secondary N) is 1. The van der Waals surface area contributed by atoms with Gasteiger partial charge in [0.25, 0.3) is 0 Å². The Bertz CT molecular complexity index is 1290. The molecule has 2 aromatic carbocycles. The Morgan fingerprint density at radius 3 is 2.90 bits per heavy atom. The van der Waals surface area contributed by atoms with Crippen molar-refractivity contribution in [3.8, 4) is 11.4 Å². The van der Waals surface area contributed by atoms with Gasteiger partial charge in [-0.1, -0.05) is 37.6 Å². The van der Waals surface area contributed by atoms with Crippen LogP contribution < -0.4 is 10.9 Å². The second kappa shape index (κ2) is 8.38. The van der Waals surface area contributed by atoms with Gasteiger partial charge >= 0.3 is 5.63 Å². The van der Waals surface area contributed by atoms with Crippen LogP contribution in [-0.4, -0.2) is 14.8 Å². The Kier molecular flexibility index (Phi) is 5.28. The third-order valence-electron chi connectivity index (χ3n) is 6.02. The average Bonchev–Trinajstić information content (AvgIpc) is 3.05. The van der Waals surface area contributed by atoms with Gasteiger partial charge in [-0.15, -0.1) is 10.2 Å². The third-order valence-corrected chi connectivity index (χ3v) is 6.02. The molecular formula is C25H26N4O2. The lowest BCUT2D eigenvalue weighted by Crippen LogP contribution is -2.06. The summed E-state index contributed by atoms with van der Waals surface area (Å²) in [6, 6.07) is 15.9. The zero-order valence-electron chi connectivity index (χ0n) is 17.7. The maximum atomic E-state index is 12.1. The maximum absolute atomic E-state index is 12.1. The van der Waals surface area contributed by atoms with Gasteiger partial charge < -0.3 is 14.3 Å². The van der Waals surface area contributed by atoms with Crippen LogP contribution >= 0.6 is 0 Å². The van der Waals surface area contributed by atoms with E-state index in [1.54, 1.807) is 6.07 Å². The highest BCUT2D eigenvalue weighted by atomic mass is 16.4. The first-order valence-corrected chi connectivity index (χ1v) is 11.0. The molecule has 0 atom stereocenters. The van der Waals surface area contributed by atoms with Gasteiger partial charge in [0.2, 0.25) is 0 Å². The van der Waals surface area contributed by atoms with Crippen LogP contribution in [0.4, 0.5) is 5.69 Å². The SMILES string of the molecule is CCc1ccc2c(CNc3cccc(-c4nnc5n4CCCCC5)c3)cc(=O)oc2c1. The molecule has 158 valence electrons. The predicted octanol–water partition coefficient (Wildman–Crippen LogP) is 4.95. The summed E-state index contributed by atoms with van der Waals surface area (Å²) in [6.45, 7) is 3.60. The van der Waals surface area contributed by atoms with Crippen molar-refractivity contribution < 1.29 is 4.42 Å². The summed E-state index contributed by atoms with van der Waals surface area (Å²) in [4.78, 5) is 12.1. The first-order chi connectivity index (χ1) is 15.2. The first-order valence-electron chi connectivity index (χ1n) is 11.0. The van der Waals surface area contributed by atoms with Gasteiger partial charge in [0.15, 0.2) is 5.82 Å². The number of hydrogen-bond acceptors (Lipinski definition) is 5. The molecule has 1 aliphatic rings. The fourth-order valence-corrected chi connectivity index (χ4v) is 4.30. The summed E-state index contributed by atoms with van der Waals surface area (Å²) in [5.41, 5.74) is 4.43. The number of aryl methyl sites for hydroxylation is 2. The smallest absolute Gasteiger partial charge is 0.336 e. The van der Waals surface area contributed by atoms with E-state index in [0.717, 1.165) is 58.8 Å². The third kappa shape index (κ3) is 3.98. The van der Waals surface area contributed by atoms with Crippen LogP contribution in [0.5, 0.6) is 0 Å². The van der Waals surface area contributed by atoms with E-state index in [2.05, 4.69) is 45.2 Å². The van der Waals surface area contributed by atoms with Gasteiger partial charge in [-0.25, -0.2) is 4.79 Å². The highest BCUT2D eigenvalue weighted by Crippen LogP contribution is 2.26. The van der Waals surface area contributed by atoms with E-state index < -0.39 is 0 Å². The normalized spacial score (nSPS) is 13.7. The lowest BCUT2D eigenvalue weighted by atomic mass is 10.1. The zero-order chi connectivity index (χ0) is 21.2. The summed E-state index contributed by atoms with van der Waals surface area (Å²) in [5, 5.41) is 13.3. The lowest BCUT2D eigenvalue weighted by Gasteiger charge is -2.11. The Balaban J connectivity index is 1.41. The standard InChI is InChI=1S/C25H26N4O2/c1-2-17-10-11-21-19(15-24(30)31-22(21)13-17)16-26-20-8-6-7-18(14-20)25-28-27-23-9-4-3-5-12-29(23)25/h6-8,10-11,13-15,26H,2-5,9,12,16H2,1H3. The monoisotopic (exact) mass is 414 g/mol. The van der Waals surface area contributed by atoms with E-state index in [-0.39, 0.29) is 5.63 Å². The average molecular weight is 415 g/mol. The summed E-state index contributed by atoms with van der Waals surface area (Å²) >= 11 is 0. The van der Waals surface area contributed by atoms with Gasteiger partial charge in [0.05, 0.1) is 0 Å². The molecule has 0 spiro atoms. The summed E-state index contributed by atoms with van der Waals surface area (Å²) in [5.74, 6) is 2.01. The molecule has 4 aromatic rings. The Morgan fingerprint density at radius 2 is 2.00 bits per heavy atom. The number of rotatable bonds is 5. The number of fused-ring (bicyclic) bond motifs is 2. The number of benzene rings is 2. The Labute approximate surface area is 180 Å². The van der Waals surface area contributed by atoms with Crippen LogP contribution in [0.2, 0.25) is 0 Å². The Morgan fingerprint density at radius 1 is 1.06 bits per heavy atom. The lowest BCUT2D eigenvalue weighted by molar-refractivity contribution is 0.559. The molecule has 6 heteroatoms. The molecule has 0 fully saturated rings. The minimum atomic E-state index is -0.322. The van der Waals surface area contributed by atoms with Crippen molar-refractivity contribution in [3.05, 3.63) is 75.9 Å². The summed E-state index contributed by atoms with van der Waals surface area (Å²) in [7, 11) is 0. The van der Waals surface area contributed by atoms with Crippen LogP contribution in [0.3, 0.4) is 0 Å². The van der Waals surface area contributed by atoms with Crippen molar-refractivity contribution >= 4 is 16.7 Å². The van der Waals surface area contributed by atoms with E-state index in [1.165, 1.54) is 19.3 Å². The number of hydrogen-bond donors (Lipinski definition) is 1. The van der Waals surface area contributed by atoms with E-state index in [9.17, 15) is 4.79 Å². The second-order valence-electron chi connectivity index (χ2n) is 8.11. The minimum Gasteiger partial charge on any atom is -0.423 e. The molecule has 0 saturated carbocycles. The van der Waals surface area contributed by atoms with Crippen molar-refractivity contribution in [2.75, 3.05) is 5.32 Å². The molecule has 31 heavy (non-hydrogen) atoms. The summed E-state index contributed by atoms with van der Waals surface area (Å²) < 4.78 is 7.68. The van der Waals surface area contributed by atoms with Crippen molar-refractivity contribution in [1.29, 1.82) is 0 Å². The number of nitrogens with zero attached hydrogens (tertiary/aromatic N) is 3. The highest BCUT2D eigenvalue weighted by molar-refractivity contribution is 5.81. The van der Waals surface area contributed by atoms with E-state index in [0.29, 0.717) is 12.1 Å². The zero-order valence-corrected chi connectivity index (χ0v) is 17.7. The van der Waals surface area contributed by atoms with Crippen molar-refractivity contribution in [2.45, 2.75) is 52.1 Å². The quantitative estimate of drug-likeness (QED) is 0.468. The van der Waals surface area contributed by atoms with Crippen LogP contribution in [0.15, 0.2) is 57.7 Å². The van der Waals surface area contributed by atoms with E-state index >= 15 is 0 Å². The van der Waals surface area contributed by atoms with Gasteiger partial charge in [-0.05, 0) is 48.6 Å². The molecular weight excluding hydrogens is 388 g/mol. The fraction of sp³-hybridized carbons (Fsp3) is 0.320. The van der Waals surface area contributed by atoms with Gasteiger partial charge in [-0.2, -0.15) is 0 Å². The second-order valence-corrected chi connectivity index (χ2v) is 8.11. The molecule has 1 N–H and O–H groups in total. The molecule has 6 nitrogen and oxygen atoms in total. The van der Waals surface area contributed by atoms with Crippen molar-refractivity contribution in [1.82, 2.24) is 14.8 Å². The van der Waals surface area contributed by atoms with E-state index in [1.807, 2.05) is 24.3 Å². The van der Waals surface area contributed by atoms with Crippen molar-refractivity contribution in [2.24, 2.45) is 0 Å². The molecule has 0 amide bonds. The molecule has 0 bridgehead atoms. The van der Waals surface area contributed by atoms with Gasteiger partial charge in [-0.3, -0.25) is 0 Å². The minimum absolute atomic E-state index is 0.322. The topological polar surface area (TPSA) is 73.0 Å². The van der Waals surface area contributed by atoms with Crippen molar-refractivity contribution in [3.63, 3.8) is 0 Å². The molecule has 3 heterocycles. The molecule has 0 radical (unpaired) electrons. The number of anilines is 1. The Hall–Kier alpha value is -3.41. The van der Waals surface area contributed by atoms with Crippen LogP contribution in [-0.2, 0) is 25.9 Å². The maximum Gasteiger partial charge on any atom is 0.336 e. The fourth-order valence-electron chi connectivity index (χ4n) is 4.30. The molecule has 0 unspecified atom stereocenters. The summed E-state index contributed by atoms with van der Waals surface area (Å²) in [6.07, 6.45) is 5.48. The largest absolute Gasteiger partial charge is 0.423 e. The molecule has 2 aromatic heterocycles. The van der Waals surface area contributed by atoms with E-state index in [4.69, 9.17) is 4.42 Å². The molecule has 0 saturated heterocycles. The predicted molar refractivity (Wildman–Crippen MR) is 122 cm³/mol. The highest BCUT2D eigenvalue weighted by Gasteiger charge is 2.16. The molecule has 0 aliphatic carbocycles. The van der Waals surface area contributed by atoms with Gasteiger partial charge in [0.1, 0.15) is 11.4 Å². The van der Waals surface area contributed by atoms with Gasteiger partial charge in [0, 0.05) is 42.2 Å².